The van der Waals surface area contributed by atoms with Crippen molar-refractivity contribution in [1.29, 1.82) is 0 Å². The van der Waals surface area contributed by atoms with E-state index in [2.05, 4.69) is 53.4 Å². The molecule has 0 heterocycles. The largest absolute Gasteiger partial charge is 0.329 e. The summed E-state index contributed by atoms with van der Waals surface area (Å²) in [6, 6.07) is 0. The molecule has 0 amide bonds. The van der Waals surface area contributed by atoms with E-state index in [0.29, 0.717) is 17.3 Å². The molecule has 1 rings (SSSR count). The third-order valence-electron chi connectivity index (χ3n) is 4.66. The number of rotatable bonds is 6. The van der Waals surface area contributed by atoms with Crippen LogP contribution in [0.4, 0.5) is 0 Å². The van der Waals surface area contributed by atoms with Crippen molar-refractivity contribution in [3.05, 3.63) is 0 Å². The zero-order valence-electron chi connectivity index (χ0n) is 15.0. The summed E-state index contributed by atoms with van der Waals surface area (Å²) in [5, 5.41) is 0. The zero-order chi connectivity index (χ0) is 15.6. The predicted molar refractivity (Wildman–Crippen MR) is 89.8 cm³/mol. The topological polar surface area (TPSA) is 29.3 Å². The highest BCUT2D eigenvalue weighted by molar-refractivity contribution is 5.01. The Labute approximate surface area is 127 Å². The Morgan fingerprint density at radius 2 is 1.55 bits per heavy atom. The monoisotopic (exact) mass is 282 g/mol. The van der Waals surface area contributed by atoms with E-state index < -0.39 is 0 Å². The first-order chi connectivity index (χ1) is 9.10. The van der Waals surface area contributed by atoms with Crippen LogP contribution < -0.4 is 5.73 Å². The van der Waals surface area contributed by atoms with Gasteiger partial charge in [-0.2, -0.15) is 0 Å². The van der Waals surface area contributed by atoms with Gasteiger partial charge in [0.1, 0.15) is 0 Å². The van der Waals surface area contributed by atoms with Crippen LogP contribution in [0.5, 0.6) is 0 Å². The number of nitrogens with two attached hydrogens (primary N) is 1. The van der Waals surface area contributed by atoms with Gasteiger partial charge in [-0.3, -0.25) is 4.90 Å². The van der Waals surface area contributed by atoms with Crippen molar-refractivity contribution in [2.24, 2.45) is 28.9 Å². The van der Waals surface area contributed by atoms with Crippen LogP contribution in [0.25, 0.3) is 0 Å². The molecular formula is C18H38N2. The van der Waals surface area contributed by atoms with Gasteiger partial charge in [0.2, 0.25) is 0 Å². The van der Waals surface area contributed by atoms with Crippen LogP contribution in [-0.2, 0) is 0 Å². The molecule has 0 aromatic carbocycles. The number of hydrogen-bond donors (Lipinski definition) is 1. The van der Waals surface area contributed by atoms with Gasteiger partial charge in [0.15, 0.2) is 0 Å². The third kappa shape index (κ3) is 4.73. The summed E-state index contributed by atoms with van der Waals surface area (Å²) in [7, 11) is 0. The molecule has 20 heavy (non-hydrogen) atoms. The fourth-order valence-corrected chi connectivity index (χ4v) is 4.57. The Bertz CT molecular complexity index is 286. The molecule has 2 atom stereocenters. The second-order valence-electron chi connectivity index (χ2n) is 8.98. The summed E-state index contributed by atoms with van der Waals surface area (Å²) in [6.07, 6.45) is 3.86. The van der Waals surface area contributed by atoms with Crippen LogP contribution in [0.2, 0.25) is 0 Å². The minimum absolute atomic E-state index is 0.218. The van der Waals surface area contributed by atoms with E-state index in [1.807, 2.05) is 0 Å². The lowest BCUT2D eigenvalue weighted by Crippen LogP contribution is -2.60. The summed E-state index contributed by atoms with van der Waals surface area (Å²) >= 11 is 0. The molecule has 0 spiro atoms. The number of nitrogens with zero attached hydrogens (tertiary/aromatic N) is 1. The maximum atomic E-state index is 6.33. The Morgan fingerprint density at radius 3 is 1.90 bits per heavy atom. The fourth-order valence-electron chi connectivity index (χ4n) is 4.57. The van der Waals surface area contributed by atoms with E-state index in [9.17, 15) is 0 Å². The fraction of sp³-hybridized carbons (Fsp3) is 1.00. The summed E-state index contributed by atoms with van der Waals surface area (Å²) < 4.78 is 0. The lowest BCUT2D eigenvalue weighted by atomic mass is 9.63. The van der Waals surface area contributed by atoms with E-state index in [-0.39, 0.29) is 5.54 Å². The van der Waals surface area contributed by atoms with Crippen molar-refractivity contribution in [1.82, 2.24) is 4.90 Å². The van der Waals surface area contributed by atoms with Crippen molar-refractivity contribution >= 4 is 0 Å². The van der Waals surface area contributed by atoms with Gasteiger partial charge >= 0.3 is 0 Å². The lowest BCUT2D eigenvalue weighted by Gasteiger charge is -2.54. The standard InChI is InChI=1S/C18H38N2/c1-14(2)10-20(11-15(3)4)18(13-19)9-16(5)8-17(6,7)12-18/h14-16H,8-13,19H2,1-7H3. The van der Waals surface area contributed by atoms with Crippen LogP contribution in [0.3, 0.4) is 0 Å². The zero-order valence-corrected chi connectivity index (χ0v) is 15.0. The molecule has 2 unspecified atom stereocenters. The first kappa shape index (κ1) is 18.0. The Kier molecular flexibility index (Phi) is 6.10. The Morgan fingerprint density at radius 1 is 1.05 bits per heavy atom. The molecular weight excluding hydrogens is 244 g/mol. The molecule has 0 bridgehead atoms. The van der Waals surface area contributed by atoms with Crippen molar-refractivity contribution in [2.75, 3.05) is 19.6 Å². The second kappa shape index (κ2) is 6.79. The maximum Gasteiger partial charge on any atom is 0.0339 e. The second-order valence-corrected chi connectivity index (χ2v) is 8.98. The molecule has 1 aliphatic carbocycles. The molecule has 0 aromatic rings. The molecule has 2 N–H and O–H groups in total. The van der Waals surface area contributed by atoms with Gasteiger partial charge in [-0.15, -0.1) is 0 Å². The number of hydrogen-bond acceptors (Lipinski definition) is 2. The lowest BCUT2D eigenvalue weighted by molar-refractivity contribution is -0.0235. The Balaban J connectivity index is 3.02. The van der Waals surface area contributed by atoms with E-state index in [0.717, 1.165) is 12.5 Å². The van der Waals surface area contributed by atoms with Crippen molar-refractivity contribution in [3.63, 3.8) is 0 Å². The predicted octanol–water partition coefficient (Wildman–Crippen LogP) is 4.14. The SMILES string of the molecule is CC(C)CN(CC(C)C)C1(CN)CC(C)CC(C)(C)C1. The van der Waals surface area contributed by atoms with E-state index in [1.54, 1.807) is 0 Å². The maximum absolute atomic E-state index is 6.33. The van der Waals surface area contributed by atoms with Gasteiger partial charge in [-0.05, 0) is 42.4 Å². The van der Waals surface area contributed by atoms with Crippen molar-refractivity contribution in [2.45, 2.75) is 73.3 Å². The van der Waals surface area contributed by atoms with Gasteiger partial charge in [0.05, 0.1) is 0 Å². The van der Waals surface area contributed by atoms with Crippen LogP contribution in [-0.4, -0.2) is 30.1 Å². The molecule has 0 saturated heterocycles. The summed E-state index contributed by atoms with van der Waals surface area (Å²) in [4.78, 5) is 2.74. The quantitative estimate of drug-likeness (QED) is 0.793. The third-order valence-corrected chi connectivity index (χ3v) is 4.66. The summed E-state index contributed by atoms with van der Waals surface area (Å²) in [5.41, 5.74) is 6.97. The summed E-state index contributed by atoms with van der Waals surface area (Å²) in [6.45, 7) is 19.7. The average molecular weight is 283 g/mol. The van der Waals surface area contributed by atoms with E-state index >= 15 is 0 Å². The molecule has 1 aliphatic rings. The van der Waals surface area contributed by atoms with Gasteiger partial charge in [-0.1, -0.05) is 48.5 Å². The summed E-state index contributed by atoms with van der Waals surface area (Å²) in [5.74, 6) is 2.19. The molecule has 0 aliphatic heterocycles. The van der Waals surface area contributed by atoms with Crippen molar-refractivity contribution < 1.29 is 0 Å². The molecule has 0 aromatic heterocycles. The van der Waals surface area contributed by atoms with Gasteiger partial charge in [0.25, 0.3) is 0 Å². The van der Waals surface area contributed by atoms with E-state index in [1.165, 1.54) is 32.4 Å². The highest BCUT2D eigenvalue weighted by Gasteiger charge is 2.45. The van der Waals surface area contributed by atoms with E-state index in [4.69, 9.17) is 5.73 Å². The molecule has 2 heteroatoms. The van der Waals surface area contributed by atoms with Gasteiger partial charge < -0.3 is 5.73 Å². The first-order valence-corrected chi connectivity index (χ1v) is 8.55. The molecule has 1 saturated carbocycles. The van der Waals surface area contributed by atoms with Crippen LogP contribution >= 0.6 is 0 Å². The van der Waals surface area contributed by atoms with Gasteiger partial charge in [0, 0.05) is 25.2 Å². The van der Waals surface area contributed by atoms with Gasteiger partial charge in [-0.25, -0.2) is 0 Å². The van der Waals surface area contributed by atoms with Crippen LogP contribution in [0, 0.1) is 23.2 Å². The molecule has 120 valence electrons. The minimum Gasteiger partial charge on any atom is -0.329 e. The van der Waals surface area contributed by atoms with Crippen molar-refractivity contribution in [3.8, 4) is 0 Å². The molecule has 1 fully saturated rings. The Hall–Kier alpha value is -0.0800. The normalized spacial score (nSPS) is 30.4. The molecule has 0 radical (unpaired) electrons. The highest BCUT2D eigenvalue weighted by Crippen LogP contribution is 2.46. The smallest absolute Gasteiger partial charge is 0.0339 e. The minimum atomic E-state index is 0.218. The highest BCUT2D eigenvalue weighted by atomic mass is 15.2. The van der Waals surface area contributed by atoms with Crippen LogP contribution in [0.15, 0.2) is 0 Å². The first-order valence-electron chi connectivity index (χ1n) is 8.55. The molecule has 2 nitrogen and oxygen atoms in total. The van der Waals surface area contributed by atoms with Crippen LogP contribution in [0.1, 0.15) is 67.7 Å². The average Bonchev–Trinajstić information content (AvgIpc) is 2.23.